The predicted octanol–water partition coefficient (Wildman–Crippen LogP) is 3.14. The molecular formula is C12H16BrN. The largest absolute Gasteiger partial charge is 0.330 e. The summed E-state index contributed by atoms with van der Waals surface area (Å²) in [5.74, 6) is 0. The van der Waals surface area contributed by atoms with Crippen molar-refractivity contribution in [3.05, 3.63) is 47.0 Å². The fraction of sp³-hybridized carbons (Fsp3) is 0.333. The second-order valence-corrected chi connectivity index (χ2v) is 4.78. The fourth-order valence-electron chi connectivity index (χ4n) is 1.30. The first-order valence-electron chi connectivity index (χ1n) is 4.68. The maximum Gasteiger partial charge on any atom is 0.0175 e. The molecule has 1 atom stereocenters. The van der Waals surface area contributed by atoms with Gasteiger partial charge in [-0.25, -0.2) is 0 Å². The first-order valence-corrected chi connectivity index (χ1v) is 5.47. The first kappa shape index (κ1) is 11.5. The molecule has 76 valence electrons. The smallest absolute Gasteiger partial charge is 0.0175 e. The van der Waals surface area contributed by atoms with Crippen LogP contribution in [0.25, 0.3) is 0 Å². The molecular weight excluding hydrogens is 238 g/mol. The van der Waals surface area contributed by atoms with Gasteiger partial charge < -0.3 is 5.73 Å². The van der Waals surface area contributed by atoms with Gasteiger partial charge in [0.15, 0.2) is 0 Å². The molecule has 0 bridgehead atoms. The van der Waals surface area contributed by atoms with Crippen LogP contribution in [0.4, 0.5) is 0 Å². The number of hydrogen-bond acceptors (Lipinski definition) is 1. The van der Waals surface area contributed by atoms with Gasteiger partial charge >= 0.3 is 0 Å². The van der Waals surface area contributed by atoms with E-state index in [0.717, 1.165) is 10.9 Å². The third-order valence-electron chi connectivity index (χ3n) is 2.48. The summed E-state index contributed by atoms with van der Waals surface area (Å²) in [5, 5.41) is 0. The van der Waals surface area contributed by atoms with Gasteiger partial charge in [-0.2, -0.15) is 0 Å². The van der Waals surface area contributed by atoms with Crippen molar-refractivity contribution in [1.29, 1.82) is 0 Å². The van der Waals surface area contributed by atoms with E-state index in [-0.39, 0.29) is 5.41 Å². The molecule has 0 aliphatic heterocycles. The van der Waals surface area contributed by atoms with Gasteiger partial charge in [-0.1, -0.05) is 41.1 Å². The number of rotatable bonds is 4. The van der Waals surface area contributed by atoms with Crippen LogP contribution in [-0.4, -0.2) is 6.54 Å². The van der Waals surface area contributed by atoms with E-state index >= 15 is 0 Å². The van der Waals surface area contributed by atoms with E-state index in [1.807, 2.05) is 6.08 Å². The predicted molar refractivity (Wildman–Crippen MR) is 65.2 cm³/mol. The van der Waals surface area contributed by atoms with Gasteiger partial charge in [-0.3, -0.25) is 0 Å². The maximum atomic E-state index is 5.71. The Bertz CT molecular complexity index is 305. The standard InChI is InChI=1S/C12H16BrN/c1-3-12(2,9-14)8-10-4-6-11(13)7-5-10/h3-7H,1,8-9,14H2,2H3. The number of benzene rings is 1. The van der Waals surface area contributed by atoms with E-state index in [4.69, 9.17) is 5.73 Å². The van der Waals surface area contributed by atoms with Crippen molar-refractivity contribution in [3.8, 4) is 0 Å². The lowest BCUT2D eigenvalue weighted by atomic mass is 9.84. The van der Waals surface area contributed by atoms with Crippen LogP contribution in [0.3, 0.4) is 0 Å². The van der Waals surface area contributed by atoms with Gasteiger partial charge in [0.05, 0.1) is 0 Å². The molecule has 0 amide bonds. The second kappa shape index (κ2) is 4.76. The highest BCUT2D eigenvalue weighted by Gasteiger charge is 2.18. The summed E-state index contributed by atoms with van der Waals surface area (Å²) in [6.07, 6.45) is 2.88. The van der Waals surface area contributed by atoms with Gasteiger partial charge in [0.25, 0.3) is 0 Å². The third kappa shape index (κ3) is 2.96. The Morgan fingerprint density at radius 1 is 1.43 bits per heavy atom. The van der Waals surface area contributed by atoms with E-state index in [2.05, 4.69) is 53.7 Å². The van der Waals surface area contributed by atoms with Crippen LogP contribution in [0.2, 0.25) is 0 Å². The minimum atomic E-state index is 0.00777. The van der Waals surface area contributed by atoms with Crippen LogP contribution >= 0.6 is 15.9 Å². The molecule has 1 aromatic rings. The Morgan fingerprint density at radius 3 is 2.43 bits per heavy atom. The molecule has 1 unspecified atom stereocenters. The van der Waals surface area contributed by atoms with E-state index in [9.17, 15) is 0 Å². The minimum Gasteiger partial charge on any atom is -0.330 e. The molecule has 0 spiro atoms. The zero-order valence-corrected chi connectivity index (χ0v) is 10.0. The van der Waals surface area contributed by atoms with Crippen LogP contribution in [0.1, 0.15) is 12.5 Å². The molecule has 1 rings (SSSR count). The quantitative estimate of drug-likeness (QED) is 0.821. The lowest BCUT2D eigenvalue weighted by Gasteiger charge is -2.23. The van der Waals surface area contributed by atoms with E-state index < -0.39 is 0 Å². The molecule has 0 aromatic heterocycles. The molecule has 0 saturated carbocycles. The summed E-state index contributed by atoms with van der Waals surface area (Å²) in [6.45, 7) is 6.59. The van der Waals surface area contributed by atoms with Crippen molar-refractivity contribution in [2.75, 3.05) is 6.54 Å². The average Bonchev–Trinajstić information content (AvgIpc) is 2.21. The Morgan fingerprint density at radius 2 is 2.00 bits per heavy atom. The number of halogens is 1. The molecule has 2 heteroatoms. The van der Waals surface area contributed by atoms with E-state index in [1.54, 1.807) is 0 Å². The van der Waals surface area contributed by atoms with Crippen LogP contribution < -0.4 is 5.73 Å². The summed E-state index contributed by atoms with van der Waals surface area (Å²) in [5.41, 5.74) is 7.02. The maximum absolute atomic E-state index is 5.71. The third-order valence-corrected chi connectivity index (χ3v) is 3.01. The fourth-order valence-corrected chi connectivity index (χ4v) is 1.56. The minimum absolute atomic E-state index is 0.00777. The van der Waals surface area contributed by atoms with Crippen LogP contribution in [-0.2, 0) is 6.42 Å². The van der Waals surface area contributed by atoms with E-state index in [1.165, 1.54) is 5.56 Å². The Kier molecular flexibility index (Phi) is 3.90. The Labute approximate surface area is 94.1 Å². The number of nitrogens with two attached hydrogens (primary N) is 1. The molecule has 2 N–H and O–H groups in total. The molecule has 0 aliphatic rings. The van der Waals surface area contributed by atoms with Crippen molar-refractivity contribution in [2.24, 2.45) is 11.1 Å². The molecule has 0 heterocycles. The molecule has 0 aliphatic carbocycles. The lowest BCUT2D eigenvalue weighted by molar-refractivity contribution is 0.439. The van der Waals surface area contributed by atoms with Crippen LogP contribution in [0, 0.1) is 5.41 Å². The van der Waals surface area contributed by atoms with Crippen molar-refractivity contribution in [1.82, 2.24) is 0 Å². The van der Waals surface area contributed by atoms with Gasteiger partial charge in [0, 0.05) is 16.4 Å². The molecule has 14 heavy (non-hydrogen) atoms. The SMILES string of the molecule is C=CC(C)(CN)Cc1ccc(Br)cc1. The monoisotopic (exact) mass is 253 g/mol. The molecule has 0 saturated heterocycles. The first-order chi connectivity index (χ1) is 6.59. The average molecular weight is 254 g/mol. The summed E-state index contributed by atoms with van der Waals surface area (Å²) in [6, 6.07) is 8.33. The summed E-state index contributed by atoms with van der Waals surface area (Å²) in [4.78, 5) is 0. The van der Waals surface area contributed by atoms with Crippen molar-refractivity contribution in [2.45, 2.75) is 13.3 Å². The molecule has 1 nitrogen and oxygen atoms in total. The van der Waals surface area contributed by atoms with Gasteiger partial charge in [0.2, 0.25) is 0 Å². The Hall–Kier alpha value is -0.600. The Balaban J connectivity index is 2.77. The van der Waals surface area contributed by atoms with E-state index in [0.29, 0.717) is 6.54 Å². The van der Waals surface area contributed by atoms with Crippen LogP contribution in [0.15, 0.2) is 41.4 Å². The zero-order chi connectivity index (χ0) is 10.6. The topological polar surface area (TPSA) is 26.0 Å². The second-order valence-electron chi connectivity index (χ2n) is 3.87. The highest BCUT2D eigenvalue weighted by Crippen LogP contribution is 2.23. The highest BCUT2D eigenvalue weighted by molar-refractivity contribution is 9.10. The summed E-state index contributed by atoms with van der Waals surface area (Å²) >= 11 is 3.41. The summed E-state index contributed by atoms with van der Waals surface area (Å²) in [7, 11) is 0. The molecule has 0 fully saturated rings. The normalized spacial score (nSPS) is 14.8. The van der Waals surface area contributed by atoms with Gasteiger partial charge in [-0.05, 0) is 24.1 Å². The number of hydrogen-bond donors (Lipinski definition) is 1. The van der Waals surface area contributed by atoms with Gasteiger partial charge in [0.1, 0.15) is 0 Å². The summed E-state index contributed by atoms with van der Waals surface area (Å²) < 4.78 is 1.11. The lowest BCUT2D eigenvalue weighted by Crippen LogP contribution is -2.27. The van der Waals surface area contributed by atoms with Gasteiger partial charge in [-0.15, -0.1) is 6.58 Å². The highest BCUT2D eigenvalue weighted by atomic mass is 79.9. The zero-order valence-electron chi connectivity index (χ0n) is 8.46. The molecule has 0 radical (unpaired) electrons. The van der Waals surface area contributed by atoms with Crippen molar-refractivity contribution >= 4 is 15.9 Å². The van der Waals surface area contributed by atoms with Crippen molar-refractivity contribution < 1.29 is 0 Å². The van der Waals surface area contributed by atoms with Crippen LogP contribution in [0.5, 0.6) is 0 Å². The molecule has 1 aromatic carbocycles. The van der Waals surface area contributed by atoms with Crippen molar-refractivity contribution in [3.63, 3.8) is 0 Å².